The molecule has 0 saturated carbocycles. The summed E-state index contributed by atoms with van der Waals surface area (Å²) in [5.41, 5.74) is -0.987. The molecule has 0 amide bonds. The Kier molecular flexibility index (Phi) is 4.20. The van der Waals surface area contributed by atoms with Crippen LogP contribution in [0.2, 0.25) is 0 Å². The number of rotatable bonds is 3. The molecule has 25 heavy (non-hydrogen) atoms. The minimum atomic E-state index is -0.556. The summed E-state index contributed by atoms with van der Waals surface area (Å²) in [5, 5.41) is 13.9. The van der Waals surface area contributed by atoms with Crippen LogP contribution in [0.5, 0.6) is 0 Å². The van der Waals surface area contributed by atoms with Crippen LogP contribution in [0.4, 0.5) is 5.82 Å². The summed E-state index contributed by atoms with van der Waals surface area (Å²) in [7, 11) is 2.98. The summed E-state index contributed by atoms with van der Waals surface area (Å²) in [6.07, 6.45) is 1.82. The van der Waals surface area contributed by atoms with Gasteiger partial charge in [0.15, 0.2) is 5.56 Å². The number of aryl methyl sites for hydroxylation is 2. The van der Waals surface area contributed by atoms with Crippen LogP contribution in [-0.4, -0.2) is 36.5 Å². The molecule has 1 aliphatic rings. The van der Waals surface area contributed by atoms with Crippen LogP contribution in [0.1, 0.15) is 30.1 Å². The van der Waals surface area contributed by atoms with Crippen molar-refractivity contribution in [2.24, 2.45) is 14.1 Å². The van der Waals surface area contributed by atoms with E-state index in [0.29, 0.717) is 24.7 Å². The predicted octanol–water partition coefficient (Wildman–Crippen LogP) is -0.167. The van der Waals surface area contributed by atoms with Gasteiger partial charge in [0.25, 0.3) is 5.56 Å². The zero-order valence-corrected chi connectivity index (χ0v) is 14.9. The quantitative estimate of drug-likeness (QED) is 0.767. The molecular weight excluding hydrogens is 322 g/mol. The van der Waals surface area contributed by atoms with Gasteiger partial charge in [0, 0.05) is 20.6 Å². The van der Waals surface area contributed by atoms with Crippen LogP contribution in [0.25, 0.3) is 0 Å². The van der Waals surface area contributed by atoms with Crippen molar-refractivity contribution >= 4 is 5.82 Å². The van der Waals surface area contributed by atoms with Gasteiger partial charge in [0.1, 0.15) is 23.5 Å². The molecule has 0 aliphatic carbocycles. The molecule has 0 spiro atoms. The molecule has 9 heteroatoms. The van der Waals surface area contributed by atoms with Gasteiger partial charge in [-0.25, -0.2) is 14.5 Å². The molecule has 1 atom stereocenters. The van der Waals surface area contributed by atoms with Gasteiger partial charge >= 0.3 is 5.69 Å². The summed E-state index contributed by atoms with van der Waals surface area (Å²) < 4.78 is 4.19. The van der Waals surface area contributed by atoms with Gasteiger partial charge in [-0.1, -0.05) is 0 Å². The van der Waals surface area contributed by atoms with Crippen LogP contribution in [0, 0.1) is 25.2 Å². The topological polar surface area (TPSA) is 102 Å². The van der Waals surface area contributed by atoms with E-state index in [1.54, 1.807) is 7.05 Å². The fraction of sp³-hybridized carbons (Fsp3) is 0.562. The molecule has 1 unspecified atom stereocenters. The smallest absolute Gasteiger partial charge is 0.332 e. The van der Waals surface area contributed by atoms with E-state index < -0.39 is 11.2 Å². The Labute approximate surface area is 144 Å². The molecule has 2 aromatic rings. The van der Waals surface area contributed by atoms with Crippen molar-refractivity contribution < 1.29 is 0 Å². The van der Waals surface area contributed by atoms with Crippen molar-refractivity contribution in [3.8, 4) is 6.07 Å². The fourth-order valence-electron chi connectivity index (χ4n) is 3.51. The molecule has 0 aromatic carbocycles. The molecule has 9 nitrogen and oxygen atoms in total. The maximum absolute atomic E-state index is 12.3. The lowest BCUT2D eigenvalue weighted by Crippen LogP contribution is -2.44. The summed E-state index contributed by atoms with van der Waals surface area (Å²) in [6.45, 7) is 5.02. The minimum absolute atomic E-state index is 0.00277. The van der Waals surface area contributed by atoms with Gasteiger partial charge in [-0.05, 0) is 26.7 Å². The first-order valence-electron chi connectivity index (χ1n) is 8.20. The number of anilines is 1. The molecule has 3 rings (SSSR count). The third kappa shape index (κ3) is 2.73. The van der Waals surface area contributed by atoms with Crippen molar-refractivity contribution in [1.82, 2.24) is 23.9 Å². The van der Waals surface area contributed by atoms with E-state index in [9.17, 15) is 14.9 Å². The van der Waals surface area contributed by atoms with Crippen molar-refractivity contribution in [3.05, 3.63) is 38.1 Å². The molecule has 132 valence electrons. The number of nitrogens with zero attached hydrogens (tertiary/aromatic N) is 7. The lowest BCUT2D eigenvalue weighted by atomic mass is 10.2. The summed E-state index contributed by atoms with van der Waals surface area (Å²) >= 11 is 0. The first kappa shape index (κ1) is 17.0. The monoisotopic (exact) mass is 343 g/mol. The van der Waals surface area contributed by atoms with E-state index >= 15 is 0 Å². The van der Waals surface area contributed by atoms with Crippen LogP contribution >= 0.6 is 0 Å². The Morgan fingerprint density at radius 3 is 2.56 bits per heavy atom. The third-order valence-corrected chi connectivity index (χ3v) is 4.74. The molecule has 3 heterocycles. The molecular formula is C16H21N7O2. The molecule has 1 aliphatic heterocycles. The van der Waals surface area contributed by atoms with Crippen LogP contribution in [-0.2, 0) is 20.6 Å². The molecule has 0 bridgehead atoms. The maximum atomic E-state index is 12.3. The van der Waals surface area contributed by atoms with Gasteiger partial charge in [0.2, 0.25) is 0 Å². The normalized spacial score (nSPS) is 17.1. The second kappa shape index (κ2) is 6.20. The molecule has 2 aromatic heterocycles. The molecule has 0 N–H and O–H groups in total. The van der Waals surface area contributed by atoms with Crippen molar-refractivity contribution in [2.75, 3.05) is 11.4 Å². The number of hydrogen-bond acceptors (Lipinski definition) is 6. The van der Waals surface area contributed by atoms with Gasteiger partial charge < -0.3 is 4.90 Å². The van der Waals surface area contributed by atoms with E-state index in [1.165, 1.54) is 11.6 Å². The predicted molar refractivity (Wildman–Crippen MR) is 91.5 cm³/mol. The Morgan fingerprint density at radius 2 is 1.96 bits per heavy atom. The van der Waals surface area contributed by atoms with Crippen LogP contribution < -0.4 is 16.1 Å². The molecule has 1 fully saturated rings. The summed E-state index contributed by atoms with van der Waals surface area (Å²) in [6, 6.07) is 2.03. The fourth-order valence-corrected chi connectivity index (χ4v) is 3.51. The number of aromatic nitrogens is 5. The van der Waals surface area contributed by atoms with Crippen LogP contribution in [0.15, 0.2) is 9.59 Å². The lowest BCUT2D eigenvalue weighted by molar-refractivity contribution is 0.489. The largest absolute Gasteiger partial charge is 0.352 e. The highest BCUT2D eigenvalue weighted by Gasteiger charge is 2.31. The minimum Gasteiger partial charge on any atom is -0.352 e. The zero-order valence-electron chi connectivity index (χ0n) is 14.9. The maximum Gasteiger partial charge on any atom is 0.332 e. The Bertz CT molecular complexity index is 976. The zero-order chi connectivity index (χ0) is 18.3. The number of hydrogen-bond donors (Lipinski definition) is 0. The van der Waals surface area contributed by atoms with E-state index in [-0.39, 0.29) is 11.6 Å². The van der Waals surface area contributed by atoms with Gasteiger partial charge in [-0.15, -0.1) is 0 Å². The lowest BCUT2D eigenvalue weighted by Gasteiger charge is -2.29. The second-order valence-corrected chi connectivity index (χ2v) is 6.39. The average molecular weight is 343 g/mol. The van der Waals surface area contributed by atoms with Gasteiger partial charge in [-0.2, -0.15) is 10.4 Å². The highest BCUT2D eigenvalue weighted by atomic mass is 16.2. The number of nitriles is 1. The van der Waals surface area contributed by atoms with E-state index in [2.05, 4.69) is 10.1 Å². The highest BCUT2D eigenvalue weighted by Crippen LogP contribution is 2.27. The van der Waals surface area contributed by atoms with Crippen molar-refractivity contribution in [1.29, 1.82) is 5.26 Å². The van der Waals surface area contributed by atoms with E-state index in [1.807, 2.05) is 29.5 Å². The Morgan fingerprint density at radius 1 is 1.24 bits per heavy atom. The van der Waals surface area contributed by atoms with Gasteiger partial charge in [-0.3, -0.25) is 13.9 Å². The summed E-state index contributed by atoms with van der Waals surface area (Å²) in [5.74, 6) is 1.93. The first-order chi connectivity index (χ1) is 11.8. The molecule has 0 radical (unpaired) electrons. The van der Waals surface area contributed by atoms with Crippen molar-refractivity contribution in [2.45, 2.75) is 39.3 Å². The van der Waals surface area contributed by atoms with Crippen molar-refractivity contribution in [3.63, 3.8) is 0 Å². The second-order valence-electron chi connectivity index (χ2n) is 6.39. The summed E-state index contributed by atoms with van der Waals surface area (Å²) in [4.78, 5) is 31.0. The standard InChI is InChI=1S/C16H21N7O2/c1-10-18-11(2)23(19-10)9-12-6-5-7-22(12)14-13(8-17)15(24)21(4)16(25)20(14)3/h12H,5-7,9H2,1-4H3. The van der Waals surface area contributed by atoms with Crippen LogP contribution in [0.3, 0.4) is 0 Å². The van der Waals surface area contributed by atoms with E-state index in [0.717, 1.165) is 23.2 Å². The van der Waals surface area contributed by atoms with Gasteiger partial charge in [0.05, 0.1) is 12.6 Å². The first-order valence-corrected chi connectivity index (χ1v) is 8.20. The third-order valence-electron chi connectivity index (χ3n) is 4.74. The molecule has 1 saturated heterocycles. The highest BCUT2D eigenvalue weighted by molar-refractivity contribution is 5.54. The van der Waals surface area contributed by atoms with E-state index in [4.69, 9.17) is 0 Å². The SMILES string of the molecule is Cc1nc(C)n(CC2CCCN2c2c(C#N)c(=O)n(C)c(=O)n2C)n1. The Balaban J connectivity index is 2.07. The average Bonchev–Trinajstić information content (AvgIpc) is 3.15. The Hall–Kier alpha value is -2.89.